The standard InChI is InChI=1S/C29H34FN3O8/c1-32(2)23-17-9-14-8-16-20(18(35)10-15(22(16)30)12-33(6-3-7-34)11-13-4-5-13)24(36)19(14)26(38)29(17,41)27(39)21(25(23)37)28(31)40/h7,10,13-14,17,23,35,37-38,41H,3-6,8-9,11-12H2,1-2H3,(H2,31,40)/t14-,17-,23-,29-/m0/s1. The Kier molecular flexibility index (Phi) is 7.29. The second-order valence-corrected chi connectivity index (χ2v) is 11.8. The van der Waals surface area contributed by atoms with Gasteiger partial charge < -0.3 is 31.0 Å². The van der Waals surface area contributed by atoms with E-state index < -0.39 is 69.6 Å². The number of benzene rings is 1. The predicted octanol–water partition coefficient (Wildman–Crippen LogP) is 1.06. The first-order chi connectivity index (χ1) is 19.3. The molecule has 1 saturated carbocycles. The van der Waals surface area contributed by atoms with Crippen molar-refractivity contribution in [2.45, 2.75) is 50.3 Å². The molecule has 0 spiro atoms. The summed E-state index contributed by atoms with van der Waals surface area (Å²) in [5.74, 6) is -8.00. The number of phenols is 1. The van der Waals surface area contributed by atoms with E-state index in [2.05, 4.69) is 0 Å². The summed E-state index contributed by atoms with van der Waals surface area (Å²) in [6.07, 6.45) is 2.93. The number of aldehydes is 1. The van der Waals surface area contributed by atoms with Crippen molar-refractivity contribution in [3.05, 3.63) is 51.2 Å². The number of fused-ring (bicyclic) bond motifs is 3. The monoisotopic (exact) mass is 571 g/mol. The van der Waals surface area contributed by atoms with Gasteiger partial charge in [-0.25, -0.2) is 4.39 Å². The highest BCUT2D eigenvalue weighted by Crippen LogP contribution is 2.52. The van der Waals surface area contributed by atoms with Crippen LogP contribution in [0.4, 0.5) is 4.39 Å². The molecule has 0 aliphatic heterocycles. The molecule has 12 heteroatoms. The molecular formula is C29H34FN3O8. The Morgan fingerprint density at radius 3 is 2.49 bits per heavy atom. The molecule has 0 saturated heterocycles. The molecule has 4 atom stereocenters. The Hall–Kier alpha value is -3.61. The van der Waals surface area contributed by atoms with E-state index in [1.165, 1.54) is 19.0 Å². The maximum atomic E-state index is 16.0. The lowest BCUT2D eigenvalue weighted by molar-refractivity contribution is -0.148. The van der Waals surface area contributed by atoms with E-state index in [1.54, 1.807) is 0 Å². The van der Waals surface area contributed by atoms with Crippen molar-refractivity contribution in [3.63, 3.8) is 0 Å². The summed E-state index contributed by atoms with van der Waals surface area (Å²) in [5, 5.41) is 44.7. The van der Waals surface area contributed by atoms with Crippen LogP contribution < -0.4 is 5.73 Å². The Morgan fingerprint density at radius 1 is 1.22 bits per heavy atom. The van der Waals surface area contributed by atoms with Crippen LogP contribution in [-0.4, -0.2) is 92.8 Å². The van der Waals surface area contributed by atoms with Gasteiger partial charge in [0.15, 0.2) is 11.4 Å². The number of carbonyl (C=O) groups is 4. The van der Waals surface area contributed by atoms with Crippen LogP contribution in [0.15, 0.2) is 28.7 Å². The topological polar surface area (TPSA) is 182 Å². The summed E-state index contributed by atoms with van der Waals surface area (Å²) in [6.45, 7) is 1.22. The van der Waals surface area contributed by atoms with Gasteiger partial charge in [0.25, 0.3) is 5.91 Å². The van der Waals surface area contributed by atoms with Gasteiger partial charge in [-0.2, -0.15) is 0 Å². The van der Waals surface area contributed by atoms with Gasteiger partial charge in [0.05, 0.1) is 11.6 Å². The number of likely N-dealkylation sites (N-methyl/N-ethyl adjacent to an activating group) is 1. The van der Waals surface area contributed by atoms with Gasteiger partial charge in [-0.05, 0) is 57.7 Å². The largest absolute Gasteiger partial charge is 0.510 e. The molecule has 1 aromatic carbocycles. The Morgan fingerprint density at radius 2 is 1.90 bits per heavy atom. The minimum Gasteiger partial charge on any atom is -0.510 e. The zero-order valence-corrected chi connectivity index (χ0v) is 22.9. The number of nitrogens with two attached hydrogens (primary N) is 1. The number of aliphatic hydroxyl groups excluding tert-OH is 2. The SMILES string of the molecule is CN(C)[C@@H]1C(O)=C(C(N)=O)C(=O)[C@@]2(O)C(O)=C3C(=O)c4c(O)cc(CN(CCC=O)CC5CC5)c(F)c4C[C@H]3C[C@@H]12. The highest BCUT2D eigenvalue weighted by molar-refractivity contribution is 6.24. The molecule has 0 radical (unpaired) electrons. The molecule has 4 aliphatic carbocycles. The number of hydrogen-bond acceptors (Lipinski definition) is 10. The van der Waals surface area contributed by atoms with E-state index in [0.717, 1.165) is 25.2 Å². The van der Waals surface area contributed by atoms with E-state index in [-0.39, 0.29) is 48.1 Å². The molecule has 0 aromatic heterocycles. The van der Waals surface area contributed by atoms with Crippen LogP contribution in [-0.2, 0) is 27.3 Å². The number of phenolic OH excluding ortho intramolecular Hbond substituents is 1. The van der Waals surface area contributed by atoms with Crippen molar-refractivity contribution < 1.29 is 44.0 Å². The second-order valence-electron chi connectivity index (χ2n) is 11.8. The number of aliphatic hydroxyl groups is 3. The quantitative estimate of drug-likeness (QED) is 0.212. The first-order valence-electron chi connectivity index (χ1n) is 13.7. The third-order valence-corrected chi connectivity index (χ3v) is 8.90. The van der Waals surface area contributed by atoms with Crippen molar-refractivity contribution in [1.29, 1.82) is 0 Å². The van der Waals surface area contributed by atoms with Crippen molar-refractivity contribution in [1.82, 2.24) is 9.80 Å². The molecule has 0 unspecified atom stereocenters. The van der Waals surface area contributed by atoms with E-state index in [4.69, 9.17) is 5.73 Å². The van der Waals surface area contributed by atoms with Gasteiger partial charge in [0.2, 0.25) is 5.78 Å². The lowest BCUT2D eigenvalue weighted by Gasteiger charge is -2.50. The first kappa shape index (κ1) is 28.9. The fourth-order valence-corrected chi connectivity index (χ4v) is 6.85. The smallest absolute Gasteiger partial charge is 0.255 e. The fraction of sp³-hybridized carbons (Fsp3) is 0.517. The number of ketones is 2. The molecule has 5 rings (SSSR count). The maximum Gasteiger partial charge on any atom is 0.255 e. The minimum atomic E-state index is -2.75. The molecule has 1 amide bonds. The molecule has 6 N–H and O–H groups in total. The summed E-state index contributed by atoms with van der Waals surface area (Å²) in [5.41, 5.74) is 1.11. The van der Waals surface area contributed by atoms with Gasteiger partial charge in [0, 0.05) is 48.7 Å². The van der Waals surface area contributed by atoms with Gasteiger partial charge in [-0.1, -0.05) is 0 Å². The molecule has 220 valence electrons. The number of carbonyl (C=O) groups excluding carboxylic acids is 4. The number of halogens is 1. The number of primary amides is 1. The molecule has 0 bridgehead atoms. The predicted molar refractivity (Wildman–Crippen MR) is 142 cm³/mol. The van der Waals surface area contributed by atoms with Crippen LogP contribution >= 0.6 is 0 Å². The summed E-state index contributed by atoms with van der Waals surface area (Å²) < 4.78 is 16.0. The number of Topliss-reactive ketones (excluding diaryl/α,β-unsaturated/α-hetero) is 2. The van der Waals surface area contributed by atoms with Crippen LogP contribution in [0.3, 0.4) is 0 Å². The number of rotatable bonds is 9. The average Bonchev–Trinajstić information content (AvgIpc) is 3.71. The van der Waals surface area contributed by atoms with Crippen LogP contribution in [0.5, 0.6) is 5.75 Å². The zero-order chi connectivity index (χ0) is 30.0. The summed E-state index contributed by atoms with van der Waals surface area (Å²) in [6, 6.07) is 0.0316. The van der Waals surface area contributed by atoms with Crippen molar-refractivity contribution >= 4 is 23.8 Å². The summed E-state index contributed by atoms with van der Waals surface area (Å²) in [4.78, 5) is 53.5. The lowest BCUT2D eigenvalue weighted by Crippen LogP contribution is -2.63. The van der Waals surface area contributed by atoms with Crippen molar-refractivity contribution in [2.24, 2.45) is 23.5 Å². The Bertz CT molecular complexity index is 1410. The average molecular weight is 572 g/mol. The number of amides is 1. The second kappa shape index (κ2) is 10.3. The number of nitrogens with zero attached hydrogens (tertiary/aromatic N) is 2. The molecular weight excluding hydrogens is 537 g/mol. The number of aromatic hydroxyl groups is 1. The number of allylic oxidation sites excluding steroid dienone is 1. The third kappa shape index (κ3) is 4.54. The first-order valence-corrected chi connectivity index (χ1v) is 13.7. The summed E-state index contributed by atoms with van der Waals surface area (Å²) >= 11 is 0. The zero-order valence-electron chi connectivity index (χ0n) is 22.9. The molecule has 11 nitrogen and oxygen atoms in total. The van der Waals surface area contributed by atoms with Crippen molar-refractivity contribution in [2.75, 3.05) is 27.2 Å². The van der Waals surface area contributed by atoms with Gasteiger partial charge in [-0.3, -0.25) is 24.2 Å². The Labute approximate surface area is 235 Å². The Balaban J connectivity index is 1.58. The third-order valence-electron chi connectivity index (χ3n) is 8.90. The van der Waals surface area contributed by atoms with Gasteiger partial charge >= 0.3 is 0 Å². The van der Waals surface area contributed by atoms with Crippen molar-refractivity contribution in [3.8, 4) is 5.75 Å². The van der Waals surface area contributed by atoms with E-state index in [0.29, 0.717) is 19.0 Å². The number of hydrogen-bond donors (Lipinski definition) is 5. The van der Waals surface area contributed by atoms with E-state index >= 15 is 4.39 Å². The molecule has 0 heterocycles. The minimum absolute atomic E-state index is 0.0418. The highest BCUT2D eigenvalue weighted by Gasteiger charge is 2.63. The van der Waals surface area contributed by atoms with E-state index in [9.17, 15) is 39.6 Å². The molecule has 1 fully saturated rings. The van der Waals surface area contributed by atoms with Gasteiger partial charge in [0.1, 0.15) is 34.9 Å². The van der Waals surface area contributed by atoms with Gasteiger partial charge in [-0.15, -0.1) is 0 Å². The molecule has 4 aliphatic rings. The van der Waals surface area contributed by atoms with Crippen LogP contribution in [0.2, 0.25) is 0 Å². The van der Waals surface area contributed by atoms with E-state index in [1.807, 2.05) is 4.90 Å². The normalized spacial score (nSPS) is 27.7. The molecule has 41 heavy (non-hydrogen) atoms. The fourth-order valence-electron chi connectivity index (χ4n) is 6.85. The molecule has 1 aromatic rings. The van der Waals surface area contributed by atoms with Crippen LogP contribution in [0.1, 0.15) is 47.2 Å². The van der Waals surface area contributed by atoms with Crippen LogP contribution in [0, 0.1) is 23.6 Å². The lowest BCUT2D eigenvalue weighted by atomic mass is 9.58. The highest BCUT2D eigenvalue weighted by atomic mass is 19.1. The summed E-state index contributed by atoms with van der Waals surface area (Å²) in [7, 11) is 3.07. The van der Waals surface area contributed by atoms with Crippen LogP contribution in [0.25, 0.3) is 0 Å². The maximum absolute atomic E-state index is 16.0.